The number of aromatic nitrogens is 2. The van der Waals surface area contributed by atoms with Crippen LogP contribution in [0.15, 0.2) is 60.7 Å². The standard InChI is InChI=1S/C25H22N4O5.C2H6O3S/c1-26-25-28-19-13-21(34-3)20(33-2)12-18(19)22(29-25)16-5-4-6-17(11-16)27-23(30)14-7-9-15(10-8-14)24(31)32;1-5-6(2,3)4/h4-13H,1-3H3,(H,27,30)(H,31,32)(H,26,28,29);1-2H3. The molecule has 3 N–H and O–H groups in total. The molecular formula is C27H28N4O8S. The maximum atomic E-state index is 12.7. The molecule has 0 aliphatic rings. The zero-order valence-corrected chi connectivity index (χ0v) is 23.2. The zero-order valence-electron chi connectivity index (χ0n) is 22.4. The Labute approximate surface area is 231 Å². The molecule has 0 spiro atoms. The van der Waals surface area contributed by atoms with E-state index < -0.39 is 16.1 Å². The van der Waals surface area contributed by atoms with Crippen LogP contribution in [0.2, 0.25) is 0 Å². The molecule has 0 radical (unpaired) electrons. The van der Waals surface area contributed by atoms with E-state index in [1.165, 1.54) is 24.3 Å². The fraction of sp³-hybridized carbons (Fsp3) is 0.185. The largest absolute Gasteiger partial charge is 0.493 e. The normalized spacial score (nSPS) is 10.7. The van der Waals surface area contributed by atoms with Gasteiger partial charge in [-0.3, -0.25) is 8.98 Å². The van der Waals surface area contributed by atoms with Crippen LogP contribution >= 0.6 is 0 Å². The average Bonchev–Trinajstić information content (AvgIpc) is 2.95. The summed E-state index contributed by atoms with van der Waals surface area (Å²) < 4.78 is 34.3. The van der Waals surface area contributed by atoms with Gasteiger partial charge >= 0.3 is 5.97 Å². The highest BCUT2D eigenvalue weighted by molar-refractivity contribution is 7.85. The highest BCUT2D eigenvalue weighted by atomic mass is 32.2. The molecule has 12 nitrogen and oxygen atoms in total. The average molecular weight is 569 g/mol. The van der Waals surface area contributed by atoms with Crippen LogP contribution in [0.4, 0.5) is 11.6 Å². The smallest absolute Gasteiger partial charge is 0.335 e. The van der Waals surface area contributed by atoms with E-state index in [2.05, 4.69) is 24.8 Å². The van der Waals surface area contributed by atoms with Gasteiger partial charge in [-0.25, -0.2) is 14.8 Å². The van der Waals surface area contributed by atoms with Crippen LogP contribution in [0.3, 0.4) is 0 Å². The third-order valence-electron chi connectivity index (χ3n) is 5.52. The molecule has 3 aromatic carbocycles. The van der Waals surface area contributed by atoms with Crippen molar-refractivity contribution in [2.45, 2.75) is 0 Å². The van der Waals surface area contributed by atoms with Gasteiger partial charge in [-0.15, -0.1) is 0 Å². The number of nitrogens with one attached hydrogen (secondary N) is 2. The summed E-state index contributed by atoms with van der Waals surface area (Å²) >= 11 is 0. The summed E-state index contributed by atoms with van der Waals surface area (Å²) in [5.74, 6) is 0.126. The Morgan fingerprint density at radius 1 is 0.875 bits per heavy atom. The summed E-state index contributed by atoms with van der Waals surface area (Å²) in [4.78, 5) is 32.9. The van der Waals surface area contributed by atoms with E-state index in [-0.39, 0.29) is 11.5 Å². The molecule has 210 valence electrons. The summed E-state index contributed by atoms with van der Waals surface area (Å²) in [6, 6.07) is 16.6. The zero-order chi connectivity index (χ0) is 29.4. The molecule has 13 heteroatoms. The van der Waals surface area contributed by atoms with E-state index in [4.69, 9.17) is 14.6 Å². The van der Waals surface area contributed by atoms with E-state index in [1.54, 1.807) is 39.5 Å². The Bertz CT molecular complexity index is 1640. The molecule has 0 atom stereocenters. The molecule has 0 saturated carbocycles. The lowest BCUT2D eigenvalue weighted by Gasteiger charge is -2.13. The number of carbonyl (C=O) groups excluding carboxylic acids is 1. The molecule has 40 heavy (non-hydrogen) atoms. The number of fused-ring (bicyclic) bond motifs is 1. The predicted octanol–water partition coefficient (Wildman–Crippen LogP) is 3.90. The van der Waals surface area contributed by atoms with Gasteiger partial charge in [-0.2, -0.15) is 8.42 Å². The molecule has 4 rings (SSSR count). The molecule has 0 unspecified atom stereocenters. The van der Waals surface area contributed by atoms with Crippen molar-refractivity contribution in [3.8, 4) is 22.8 Å². The highest BCUT2D eigenvalue weighted by Crippen LogP contribution is 2.36. The van der Waals surface area contributed by atoms with Crippen molar-refractivity contribution in [3.63, 3.8) is 0 Å². The Hall–Kier alpha value is -4.75. The van der Waals surface area contributed by atoms with Crippen LogP contribution in [-0.2, 0) is 14.3 Å². The van der Waals surface area contributed by atoms with E-state index in [9.17, 15) is 18.0 Å². The number of hydrogen-bond donors (Lipinski definition) is 3. The monoisotopic (exact) mass is 568 g/mol. The lowest BCUT2D eigenvalue weighted by molar-refractivity contribution is 0.0696. The van der Waals surface area contributed by atoms with Crippen LogP contribution < -0.4 is 20.1 Å². The minimum atomic E-state index is -3.16. The van der Waals surface area contributed by atoms with Crippen LogP contribution in [0.5, 0.6) is 11.5 Å². The molecule has 0 fully saturated rings. The number of rotatable bonds is 8. The molecule has 0 aliphatic carbocycles. The van der Waals surface area contributed by atoms with Gasteiger partial charge in [0.15, 0.2) is 11.5 Å². The van der Waals surface area contributed by atoms with Crippen LogP contribution in [0.1, 0.15) is 20.7 Å². The number of ether oxygens (including phenoxy) is 2. The van der Waals surface area contributed by atoms with E-state index in [0.717, 1.165) is 24.3 Å². The third kappa shape index (κ3) is 7.42. The molecule has 1 amide bonds. The Morgan fingerprint density at radius 3 is 2.02 bits per heavy atom. The Balaban J connectivity index is 0.000000663. The van der Waals surface area contributed by atoms with Gasteiger partial charge in [0.2, 0.25) is 5.95 Å². The number of anilines is 2. The number of aromatic carboxylic acids is 1. The maximum absolute atomic E-state index is 12.7. The summed E-state index contributed by atoms with van der Waals surface area (Å²) in [6.45, 7) is 0. The van der Waals surface area contributed by atoms with Gasteiger partial charge in [-0.05, 0) is 42.5 Å². The summed E-state index contributed by atoms with van der Waals surface area (Å²) in [5, 5.41) is 15.6. The highest BCUT2D eigenvalue weighted by Gasteiger charge is 2.15. The van der Waals surface area contributed by atoms with Crippen molar-refractivity contribution in [1.82, 2.24) is 9.97 Å². The second kappa shape index (κ2) is 12.9. The van der Waals surface area contributed by atoms with E-state index in [1.807, 2.05) is 18.2 Å². The van der Waals surface area contributed by atoms with Crippen molar-refractivity contribution >= 4 is 44.5 Å². The maximum Gasteiger partial charge on any atom is 0.335 e. The molecule has 1 heterocycles. The topological polar surface area (TPSA) is 166 Å². The molecule has 0 aliphatic heterocycles. The van der Waals surface area contributed by atoms with Crippen LogP contribution in [-0.4, -0.2) is 70.0 Å². The number of carboxylic acid groups (broad SMARTS) is 1. The van der Waals surface area contributed by atoms with Crippen LogP contribution in [0, 0.1) is 0 Å². The van der Waals surface area contributed by atoms with Gasteiger partial charge in [0.05, 0.1) is 44.4 Å². The van der Waals surface area contributed by atoms with Crippen molar-refractivity contribution in [2.75, 3.05) is 45.3 Å². The summed E-state index contributed by atoms with van der Waals surface area (Å²) in [5.41, 5.74) is 3.09. The second-order valence-corrected chi connectivity index (χ2v) is 9.90. The summed E-state index contributed by atoms with van der Waals surface area (Å²) in [6.07, 6.45) is 0.993. The first-order valence-corrected chi connectivity index (χ1v) is 13.4. The third-order valence-corrected chi connectivity index (χ3v) is 6.12. The summed E-state index contributed by atoms with van der Waals surface area (Å²) in [7, 11) is 2.81. The van der Waals surface area contributed by atoms with Gasteiger partial charge < -0.3 is 25.2 Å². The van der Waals surface area contributed by atoms with Crippen LogP contribution in [0.25, 0.3) is 22.2 Å². The number of carbonyl (C=O) groups is 2. The number of methoxy groups -OCH3 is 2. The lowest BCUT2D eigenvalue weighted by atomic mass is 10.0. The Kier molecular flexibility index (Phi) is 9.59. The molecular weight excluding hydrogens is 540 g/mol. The first-order chi connectivity index (χ1) is 19.0. The van der Waals surface area contributed by atoms with Crippen molar-refractivity contribution in [1.29, 1.82) is 0 Å². The second-order valence-electron chi connectivity index (χ2n) is 8.16. The number of benzene rings is 3. The minimum Gasteiger partial charge on any atom is -0.493 e. The predicted molar refractivity (Wildman–Crippen MR) is 151 cm³/mol. The quantitative estimate of drug-likeness (QED) is 0.264. The first kappa shape index (κ1) is 29.8. The fourth-order valence-corrected chi connectivity index (χ4v) is 3.50. The van der Waals surface area contributed by atoms with Crippen molar-refractivity contribution < 1.29 is 36.8 Å². The number of amides is 1. The minimum absolute atomic E-state index is 0.113. The first-order valence-electron chi connectivity index (χ1n) is 11.6. The molecule has 0 bridgehead atoms. The molecule has 4 aromatic rings. The number of nitrogens with zero attached hydrogens (tertiary/aromatic N) is 2. The van der Waals surface area contributed by atoms with E-state index >= 15 is 0 Å². The number of hydrogen-bond acceptors (Lipinski definition) is 10. The van der Waals surface area contributed by atoms with E-state index in [0.29, 0.717) is 39.9 Å². The fourth-order valence-electron chi connectivity index (χ4n) is 3.50. The van der Waals surface area contributed by atoms with Crippen molar-refractivity contribution in [2.24, 2.45) is 0 Å². The van der Waals surface area contributed by atoms with Gasteiger partial charge in [0.1, 0.15) is 0 Å². The molecule has 1 aromatic heterocycles. The van der Waals surface area contributed by atoms with Gasteiger partial charge in [0.25, 0.3) is 16.0 Å². The van der Waals surface area contributed by atoms with Gasteiger partial charge in [0, 0.05) is 35.3 Å². The number of carboxylic acids is 1. The lowest BCUT2D eigenvalue weighted by Crippen LogP contribution is -2.12. The SMILES string of the molecule is CNc1nc(-c2cccc(NC(=O)c3ccc(C(=O)O)cc3)c2)c2cc(OC)c(OC)cc2n1.COS(C)(=O)=O. The van der Waals surface area contributed by atoms with Gasteiger partial charge in [-0.1, -0.05) is 12.1 Å². The Morgan fingerprint density at radius 2 is 1.48 bits per heavy atom. The van der Waals surface area contributed by atoms with Crippen molar-refractivity contribution in [3.05, 3.63) is 71.8 Å². The molecule has 0 saturated heterocycles.